The van der Waals surface area contributed by atoms with Gasteiger partial charge < -0.3 is 10.1 Å². The summed E-state index contributed by atoms with van der Waals surface area (Å²) in [6, 6.07) is 2.10. The van der Waals surface area contributed by atoms with Crippen LogP contribution in [-0.4, -0.2) is 19.6 Å². The highest BCUT2D eigenvalue weighted by atomic mass is 79.9. The molecule has 0 atom stereocenters. The number of thiophene rings is 1. The van der Waals surface area contributed by atoms with Crippen molar-refractivity contribution in [3.05, 3.63) is 20.3 Å². The molecule has 0 unspecified atom stereocenters. The zero-order valence-electron chi connectivity index (χ0n) is 8.80. The fraction of sp³-hybridized carbons (Fsp3) is 0.500. The minimum Gasteiger partial charge on any atom is -0.469 e. The Bertz CT molecular complexity index is 319. The summed E-state index contributed by atoms with van der Waals surface area (Å²) in [5.41, 5.74) is 0. The number of halogens is 1. The Hall–Kier alpha value is -0.390. The highest BCUT2D eigenvalue weighted by Crippen LogP contribution is 2.25. The van der Waals surface area contributed by atoms with Crippen molar-refractivity contribution in [3.8, 4) is 0 Å². The first kappa shape index (κ1) is 12.7. The molecule has 0 aliphatic heterocycles. The number of ether oxygens (including phenoxy) is 1. The van der Waals surface area contributed by atoms with Crippen molar-refractivity contribution >= 4 is 33.2 Å². The van der Waals surface area contributed by atoms with E-state index in [9.17, 15) is 4.79 Å². The normalized spacial score (nSPS) is 10.3. The molecule has 0 amide bonds. The summed E-state index contributed by atoms with van der Waals surface area (Å²) in [4.78, 5) is 13.4. The first-order valence-electron chi connectivity index (χ1n) is 4.66. The molecule has 0 bridgehead atoms. The average Bonchev–Trinajstić information content (AvgIpc) is 2.53. The predicted molar refractivity (Wildman–Crippen MR) is 65.1 cm³/mol. The molecule has 1 aromatic heterocycles. The van der Waals surface area contributed by atoms with Gasteiger partial charge in [-0.3, -0.25) is 4.79 Å². The fourth-order valence-corrected chi connectivity index (χ4v) is 2.68. The van der Waals surface area contributed by atoms with Gasteiger partial charge in [0.2, 0.25) is 0 Å². The van der Waals surface area contributed by atoms with Gasteiger partial charge in [-0.25, -0.2) is 0 Å². The van der Waals surface area contributed by atoms with Crippen LogP contribution in [0.5, 0.6) is 0 Å². The number of hydrogen-bond acceptors (Lipinski definition) is 4. The Morgan fingerprint density at radius 2 is 2.40 bits per heavy atom. The molecule has 0 spiro atoms. The number of rotatable bonds is 5. The van der Waals surface area contributed by atoms with Crippen molar-refractivity contribution in [2.24, 2.45) is 0 Å². The van der Waals surface area contributed by atoms with Crippen LogP contribution in [0.4, 0.5) is 0 Å². The van der Waals surface area contributed by atoms with Gasteiger partial charge in [0.1, 0.15) is 0 Å². The Morgan fingerprint density at radius 1 is 1.67 bits per heavy atom. The minimum atomic E-state index is -0.175. The molecule has 15 heavy (non-hydrogen) atoms. The van der Waals surface area contributed by atoms with Crippen LogP contribution in [0.2, 0.25) is 0 Å². The molecule has 0 saturated heterocycles. The lowest BCUT2D eigenvalue weighted by molar-refractivity contribution is -0.140. The van der Waals surface area contributed by atoms with Crippen LogP contribution in [0, 0.1) is 6.92 Å². The van der Waals surface area contributed by atoms with E-state index in [-0.39, 0.29) is 5.97 Å². The van der Waals surface area contributed by atoms with Gasteiger partial charge in [0.05, 0.1) is 13.5 Å². The lowest BCUT2D eigenvalue weighted by Crippen LogP contribution is -2.17. The maximum atomic E-state index is 10.8. The first-order valence-corrected chi connectivity index (χ1v) is 6.26. The number of aryl methyl sites for hydroxylation is 1. The number of methoxy groups -OCH3 is 1. The molecule has 0 fully saturated rings. The number of esters is 1. The quantitative estimate of drug-likeness (QED) is 0.669. The van der Waals surface area contributed by atoms with Gasteiger partial charge in [-0.1, -0.05) is 0 Å². The summed E-state index contributed by atoms with van der Waals surface area (Å²) < 4.78 is 5.69. The number of carbonyl (C=O) groups excluding carboxylic acids is 1. The molecular formula is C10H14BrNO2S. The molecule has 0 radical (unpaired) electrons. The molecule has 0 aliphatic carbocycles. The van der Waals surface area contributed by atoms with Gasteiger partial charge in [0, 0.05) is 27.3 Å². The van der Waals surface area contributed by atoms with Gasteiger partial charge in [-0.05, 0) is 28.9 Å². The van der Waals surface area contributed by atoms with E-state index in [4.69, 9.17) is 0 Å². The second-order valence-corrected chi connectivity index (χ2v) is 5.31. The van der Waals surface area contributed by atoms with Crippen molar-refractivity contribution in [1.82, 2.24) is 5.32 Å². The van der Waals surface area contributed by atoms with E-state index in [0.29, 0.717) is 13.0 Å². The molecule has 3 nitrogen and oxygen atoms in total. The van der Waals surface area contributed by atoms with Crippen LogP contribution in [0.15, 0.2) is 10.5 Å². The van der Waals surface area contributed by atoms with Gasteiger partial charge in [-0.15, -0.1) is 11.3 Å². The highest BCUT2D eigenvalue weighted by Gasteiger charge is 2.03. The second-order valence-electron chi connectivity index (χ2n) is 3.12. The topological polar surface area (TPSA) is 38.3 Å². The molecule has 84 valence electrons. The van der Waals surface area contributed by atoms with Crippen LogP contribution < -0.4 is 5.32 Å². The largest absolute Gasteiger partial charge is 0.469 e. The fourth-order valence-electron chi connectivity index (χ4n) is 1.11. The van der Waals surface area contributed by atoms with Crippen molar-refractivity contribution < 1.29 is 9.53 Å². The summed E-state index contributed by atoms with van der Waals surface area (Å²) in [5, 5.41) is 3.20. The van der Waals surface area contributed by atoms with Gasteiger partial charge in [0.15, 0.2) is 0 Å². The van der Waals surface area contributed by atoms with E-state index >= 15 is 0 Å². The van der Waals surface area contributed by atoms with Crippen LogP contribution in [0.3, 0.4) is 0 Å². The first-order chi connectivity index (χ1) is 7.13. The van der Waals surface area contributed by atoms with E-state index in [1.807, 2.05) is 0 Å². The summed E-state index contributed by atoms with van der Waals surface area (Å²) in [5.74, 6) is -0.175. The third-order valence-corrected chi connectivity index (χ3v) is 4.08. The monoisotopic (exact) mass is 291 g/mol. The van der Waals surface area contributed by atoms with E-state index in [1.165, 1.54) is 16.9 Å². The molecule has 1 N–H and O–H groups in total. The maximum Gasteiger partial charge on any atom is 0.306 e. The molecule has 0 saturated carbocycles. The van der Waals surface area contributed by atoms with Crippen molar-refractivity contribution in [1.29, 1.82) is 0 Å². The Labute approximate surface area is 102 Å². The third-order valence-electron chi connectivity index (χ3n) is 1.94. The minimum absolute atomic E-state index is 0.175. The van der Waals surface area contributed by atoms with E-state index in [2.05, 4.69) is 39.0 Å². The lowest BCUT2D eigenvalue weighted by Gasteiger charge is -2.01. The molecule has 0 aromatic carbocycles. The second kappa shape index (κ2) is 6.25. The number of hydrogen-bond donors (Lipinski definition) is 1. The standard InChI is InChI=1S/C10H14BrNO2S/c1-7-9(11)5-8(15-7)6-12-4-3-10(13)14-2/h5,12H,3-4,6H2,1-2H3. The summed E-state index contributed by atoms with van der Waals surface area (Å²) >= 11 is 5.22. The van der Waals surface area contributed by atoms with Crippen LogP contribution >= 0.6 is 27.3 Å². The highest BCUT2D eigenvalue weighted by molar-refractivity contribution is 9.10. The Kier molecular flexibility index (Phi) is 5.28. The zero-order chi connectivity index (χ0) is 11.3. The maximum absolute atomic E-state index is 10.8. The Morgan fingerprint density at radius 3 is 2.93 bits per heavy atom. The van der Waals surface area contributed by atoms with Crippen LogP contribution in [-0.2, 0) is 16.1 Å². The predicted octanol–water partition coefficient (Wildman–Crippen LogP) is 2.47. The SMILES string of the molecule is COC(=O)CCNCc1cc(Br)c(C)s1. The lowest BCUT2D eigenvalue weighted by atomic mass is 10.4. The summed E-state index contributed by atoms with van der Waals surface area (Å²) in [6.07, 6.45) is 0.419. The van der Waals surface area contributed by atoms with Crippen LogP contribution in [0.25, 0.3) is 0 Å². The number of carbonyl (C=O) groups is 1. The van der Waals surface area contributed by atoms with E-state index < -0.39 is 0 Å². The average molecular weight is 292 g/mol. The molecule has 1 rings (SSSR count). The van der Waals surface area contributed by atoms with E-state index in [1.54, 1.807) is 11.3 Å². The molecule has 0 aliphatic rings. The van der Waals surface area contributed by atoms with Crippen molar-refractivity contribution in [3.63, 3.8) is 0 Å². The van der Waals surface area contributed by atoms with Crippen molar-refractivity contribution in [2.75, 3.05) is 13.7 Å². The molecule has 1 heterocycles. The van der Waals surface area contributed by atoms with Gasteiger partial charge >= 0.3 is 5.97 Å². The third kappa shape index (κ3) is 4.32. The zero-order valence-corrected chi connectivity index (χ0v) is 11.2. The van der Waals surface area contributed by atoms with Crippen molar-refractivity contribution in [2.45, 2.75) is 19.9 Å². The number of nitrogens with one attached hydrogen (secondary N) is 1. The summed E-state index contributed by atoms with van der Waals surface area (Å²) in [6.45, 7) is 3.53. The van der Waals surface area contributed by atoms with Gasteiger partial charge in [-0.2, -0.15) is 0 Å². The molecular weight excluding hydrogens is 278 g/mol. The molecule has 1 aromatic rings. The van der Waals surface area contributed by atoms with Gasteiger partial charge in [0.25, 0.3) is 0 Å². The van der Waals surface area contributed by atoms with Crippen LogP contribution in [0.1, 0.15) is 16.2 Å². The smallest absolute Gasteiger partial charge is 0.306 e. The Balaban J connectivity index is 2.23. The molecule has 5 heteroatoms. The van der Waals surface area contributed by atoms with E-state index in [0.717, 1.165) is 11.0 Å². The summed E-state index contributed by atoms with van der Waals surface area (Å²) in [7, 11) is 1.40.